The Morgan fingerprint density at radius 2 is 1.69 bits per heavy atom. The predicted molar refractivity (Wildman–Crippen MR) is 103 cm³/mol. The van der Waals surface area contributed by atoms with Crippen molar-refractivity contribution in [3.05, 3.63) is 72.4 Å². The third-order valence-corrected chi connectivity index (χ3v) is 3.34. The summed E-state index contributed by atoms with van der Waals surface area (Å²) in [5, 5.41) is 2.60. The highest BCUT2D eigenvalue weighted by Crippen LogP contribution is 2.05. The van der Waals surface area contributed by atoms with Gasteiger partial charge in [0, 0.05) is 22.9 Å². The molecule has 6 nitrogen and oxygen atoms in total. The van der Waals surface area contributed by atoms with Crippen molar-refractivity contribution >= 4 is 17.6 Å². The summed E-state index contributed by atoms with van der Waals surface area (Å²) in [4.78, 5) is 27.2. The fraction of sp³-hybridized carbons (Fsp3) is 0.150. The first-order valence-corrected chi connectivity index (χ1v) is 7.93. The lowest BCUT2D eigenvalue weighted by molar-refractivity contribution is -0.119. The van der Waals surface area contributed by atoms with E-state index in [9.17, 15) is 9.59 Å². The lowest BCUT2D eigenvalue weighted by Crippen LogP contribution is -2.43. The molecule has 0 spiro atoms. The molecule has 134 valence electrons. The molecule has 6 heteroatoms. The van der Waals surface area contributed by atoms with Crippen molar-refractivity contribution in [1.29, 1.82) is 0 Å². The van der Waals surface area contributed by atoms with Crippen LogP contribution >= 0.6 is 0 Å². The summed E-state index contributed by atoms with van der Waals surface area (Å²) in [7, 11) is 0. The molecule has 2 aromatic rings. The normalized spacial score (nSPS) is 10.3. The average Bonchev–Trinajstić information content (AvgIpc) is 2.67. The number of nitrogens with zero attached hydrogens (tertiary/aromatic N) is 1. The second-order valence-electron chi connectivity index (χ2n) is 5.14. The largest absolute Gasteiger partial charge is 0.384 e. The zero-order valence-corrected chi connectivity index (χ0v) is 14.7. The quantitative estimate of drug-likeness (QED) is 0.577. The summed E-state index contributed by atoms with van der Waals surface area (Å²) in [6.45, 7) is 7.78. The van der Waals surface area contributed by atoms with Crippen molar-refractivity contribution in [2.45, 2.75) is 19.4 Å². The number of amides is 2. The maximum atomic E-state index is 12.1. The molecule has 1 aromatic heterocycles. The Hall–Kier alpha value is -3.59. The van der Waals surface area contributed by atoms with Crippen molar-refractivity contribution in [3.8, 4) is 11.8 Å². The summed E-state index contributed by atoms with van der Waals surface area (Å²) in [6.07, 6.45) is 2.04. The SMILES string of the molecule is C=C.CCC(NC(=O)c1ccc(C#Cc2ccc(N)nc2)cc1)C(N)=O. The fourth-order valence-electron chi connectivity index (χ4n) is 1.94. The molecule has 0 aliphatic carbocycles. The highest BCUT2D eigenvalue weighted by atomic mass is 16.2. The van der Waals surface area contributed by atoms with Gasteiger partial charge in [-0.3, -0.25) is 9.59 Å². The van der Waals surface area contributed by atoms with Gasteiger partial charge in [-0.15, -0.1) is 13.2 Å². The molecule has 0 saturated heterocycles. The number of primary amides is 1. The van der Waals surface area contributed by atoms with Crippen LogP contribution in [-0.2, 0) is 4.79 Å². The van der Waals surface area contributed by atoms with Gasteiger partial charge in [-0.05, 0) is 42.8 Å². The van der Waals surface area contributed by atoms with E-state index in [4.69, 9.17) is 11.5 Å². The zero-order chi connectivity index (χ0) is 19.5. The molecule has 2 rings (SSSR count). The lowest BCUT2D eigenvalue weighted by Gasteiger charge is -2.13. The Labute approximate surface area is 153 Å². The molecule has 1 atom stereocenters. The fourth-order valence-corrected chi connectivity index (χ4v) is 1.94. The van der Waals surface area contributed by atoms with E-state index in [1.165, 1.54) is 0 Å². The summed E-state index contributed by atoms with van der Waals surface area (Å²) in [5.41, 5.74) is 12.7. The Kier molecular flexibility index (Phi) is 8.11. The van der Waals surface area contributed by atoms with Crippen LogP contribution < -0.4 is 16.8 Å². The Morgan fingerprint density at radius 3 is 2.19 bits per heavy atom. The first-order valence-electron chi connectivity index (χ1n) is 7.93. The Balaban J connectivity index is 0.00000163. The molecular weight excluding hydrogens is 328 g/mol. The van der Waals surface area contributed by atoms with Crippen molar-refractivity contribution in [2.75, 3.05) is 5.73 Å². The molecule has 1 unspecified atom stereocenters. The van der Waals surface area contributed by atoms with Gasteiger partial charge < -0.3 is 16.8 Å². The molecule has 0 aliphatic rings. The van der Waals surface area contributed by atoms with Crippen molar-refractivity contribution in [1.82, 2.24) is 10.3 Å². The standard InChI is InChI=1S/C18H18N4O2.C2H4/c1-2-15(17(20)23)22-18(24)14-8-5-12(6-9-14)3-4-13-7-10-16(19)21-11-13;1-2/h5-11,15H,2H2,1H3,(H2,19,21)(H2,20,23)(H,22,24);1-2H2. The summed E-state index contributed by atoms with van der Waals surface area (Å²) in [6, 6.07) is 9.56. The maximum Gasteiger partial charge on any atom is 0.251 e. The first kappa shape index (κ1) is 20.5. The van der Waals surface area contributed by atoms with Gasteiger partial charge in [0.1, 0.15) is 11.9 Å². The van der Waals surface area contributed by atoms with E-state index in [0.29, 0.717) is 17.8 Å². The summed E-state index contributed by atoms with van der Waals surface area (Å²) >= 11 is 0. The number of aromatic nitrogens is 1. The number of anilines is 1. The number of pyridine rings is 1. The predicted octanol–water partition coefficient (Wildman–Crippen LogP) is 1.86. The van der Waals surface area contributed by atoms with Crippen LogP contribution in [0.5, 0.6) is 0 Å². The van der Waals surface area contributed by atoms with Gasteiger partial charge in [0.15, 0.2) is 0 Å². The van der Waals surface area contributed by atoms with E-state index in [1.54, 1.807) is 49.5 Å². The molecule has 0 saturated carbocycles. The number of nitrogens with two attached hydrogens (primary N) is 2. The summed E-state index contributed by atoms with van der Waals surface area (Å²) in [5.74, 6) is 5.49. The molecular formula is C20H22N4O2. The third kappa shape index (κ3) is 6.13. The summed E-state index contributed by atoms with van der Waals surface area (Å²) < 4.78 is 0. The van der Waals surface area contributed by atoms with Crippen LogP contribution in [0, 0.1) is 11.8 Å². The molecule has 5 N–H and O–H groups in total. The van der Waals surface area contributed by atoms with Gasteiger partial charge in [-0.1, -0.05) is 18.8 Å². The van der Waals surface area contributed by atoms with Gasteiger partial charge in [0.2, 0.25) is 5.91 Å². The van der Waals surface area contributed by atoms with Gasteiger partial charge in [-0.25, -0.2) is 4.98 Å². The van der Waals surface area contributed by atoms with Gasteiger partial charge in [0.25, 0.3) is 5.91 Å². The number of carbonyl (C=O) groups excluding carboxylic acids is 2. The molecule has 2 amide bonds. The van der Waals surface area contributed by atoms with Crippen molar-refractivity contribution < 1.29 is 9.59 Å². The molecule has 26 heavy (non-hydrogen) atoms. The number of benzene rings is 1. The van der Waals surface area contributed by atoms with Gasteiger partial charge >= 0.3 is 0 Å². The number of nitrogen functional groups attached to an aromatic ring is 1. The highest BCUT2D eigenvalue weighted by Gasteiger charge is 2.16. The van der Waals surface area contributed by atoms with Crippen LogP contribution in [0.3, 0.4) is 0 Å². The van der Waals surface area contributed by atoms with Gasteiger partial charge in [0.05, 0.1) is 0 Å². The second kappa shape index (κ2) is 10.3. The topological polar surface area (TPSA) is 111 Å². The molecule has 0 radical (unpaired) electrons. The molecule has 0 aliphatic heterocycles. The number of carbonyl (C=O) groups is 2. The van der Waals surface area contributed by atoms with Crippen LogP contribution in [0.15, 0.2) is 55.8 Å². The Morgan fingerprint density at radius 1 is 1.12 bits per heavy atom. The van der Waals surface area contributed by atoms with Crippen LogP contribution in [0.2, 0.25) is 0 Å². The lowest BCUT2D eigenvalue weighted by atomic mass is 10.1. The van der Waals surface area contributed by atoms with E-state index in [1.807, 2.05) is 0 Å². The minimum absolute atomic E-state index is 0.345. The molecule has 1 heterocycles. The van der Waals surface area contributed by atoms with Crippen molar-refractivity contribution in [2.24, 2.45) is 5.73 Å². The highest BCUT2D eigenvalue weighted by molar-refractivity contribution is 5.97. The number of rotatable bonds is 4. The van der Waals surface area contributed by atoms with Crippen LogP contribution in [0.25, 0.3) is 0 Å². The van der Waals surface area contributed by atoms with Crippen LogP contribution in [0.1, 0.15) is 34.8 Å². The number of hydrogen-bond donors (Lipinski definition) is 3. The molecule has 0 fully saturated rings. The minimum Gasteiger partial charge on any atom is -0.384 e. The van der Waals surface area contributed by atoms with Crippen LogP contribution in [0.4, 0.5) is 5.82 Å². The van der Waals surface area contributed by atoms with E-state index in [0.717, 1.165) is 11.1 Å². The Bertz CT molecular complexity index is 802. The molecule has 0 bridgehead atoms. The van der Waals surface area contributed by atoms with E-state index in [-0.39, 0.29) is 5.91 Å². The monoisotopic (exact) mass is 350 g/mol. The van der Waals surface area contributed by atoms with Crippen LogP contribution in [-0.4, -0.2) is 22.8 Å². The molecule has 1 aromatic carbocycles. The maximum absolute atomic E-state index is 12.1. The van der Waals surface area contributed by atoms with E-state index in [2.05, 4.69) is 35.3 Å². The van der Waals surface area contributed by atoms with E-state index >= 15 is 0 Å². The zero-order valence-electron chi connectivity index (χ0n) is 14.7. The van der Waals surface area contributed by atoms with E-state index < -0.39 is 11.9 Å². The number of nitrogens with one attached hydrogen (secondary N) is 1. The minimum atomic E-state index is -0.671. The number of hydrogen-bond acceptors (Lipinski definition) is 4. The first-order chi connectivity index (χ1) is 12.5. The van der Waals surface area contributed by atoms with Gasteiger partial charge in [-0.2, -0.15) is 0 Å². The van der Waals surface area contributed by atoms with Crippen molar-refractivity contribution in [3.63, 3.8) is 0 Å². The average molecular weight is 350 g/mol. The smallest absolute Gasteiger partial charge is 0.251 e. The third-order valence-electron chi connectivity index (χ3n) is 3.34. The second-order valence-corrected chi connectivity index (χ2v) is 5.14.